The summed E-state index contributed by atoms with van der Waals surface area (Å²) in [6.07, 6.45) is 0. The van der Waals surface area contributed by atoms with Crippen molar-refractivity contribution in [1.29, 1.82) is 5.41 Å². The van der Waals surface area contributed by atoms with Gasteiger partial charge in [0.1, 0.15) is 5.84 Å². The highest BCUT2D eigenvalue weighted by atomic mass is 15.3. The van der Waals surface area contributed by atoms with Gasteiger partial charge in [-0.15, -0.1) is 0 Å². The molecule has 0 bridgehead atoms. The Kier molecular flexibility index (Phi) is 4.78. The van der Waals surface area contributed by atoms with E-state index in [-0.39, 0.29) is 5.84 Å². The second kappa shape index (κ2) is 7.89. The van der Waals surface area contributed by atoms with Gasteiger partial charge in [-0.1, -0.05) is 78.9 Å². The van der Waals surface area contributed by atoms with Crippen molar-refractivity contribution < 1.29 is 0 Å². The number of hydrazine groups is 1. The third-order valence-electron chi connectivity index (χ3n) is 5.37. The van der Waals surface area contributed by atoms with Crippen LogP contribution in [0.5, 0.6) is 0 Å². The number of nitrogens with zero attached hydrogens (tertiary/aromatic N) is 2. The maximum absolute atomic E-state index is 8.61. The first-order valence-electron chi connectivity index (χ1n) is 10.0. The van der Waals surface area contributed by atoms with Crippen molar-refractivity contribution in [2.24, 2.45) is 10.8 Å². The molecule has 0 radical (unpaired) electrons. The molecule has 1 aromatic heterocycles. The topological polar surface area (TPSA) is 79.2 Å². The second-order valence-corrected chi connectivity index (χ2v) is 7.24. The van der Waals surface area contributed by atoms with Gasteiger partial charge in [-0.05, 0) is 24.3 Å². The van der Waals surface area contributed by atoms with Crippen LogP contribution in [0.15, 0.2) is 108 Å². The Morgan fingerprint density at radius 1 is 0.710 bits per heavy atom. The van der Waals surface area contributed by atoms with Crippen LogP contribution in [0.1, 0.15) is 11.1 Å². The lowest BCUT2D eigenvalue weighted by Gasteiger charge is -2.09. The molecule has 31 heavy (non-hydrogen) atoms. The molecule has 0 aliphatic carbocycles. The van der Waals surface area contributed by atoms with Crippen molar-refractivity contribution in [3.05, 3.63) is 114 Å². The highest BCUT2D eigenvalue weighted by Crippen LogP contribution is 2.32. The number of para-hydroxylation sites is 2. The van der Waals surface area contributed by atoms with Gasteiger partial charge in [-0.3, -0.25) is 5.41 Å². The van der Waals surface area contributed by atoms with Crippen LogP contribution in [-0.2, 0) is 0 Å². The van der Waals surface area contributed by atoms with Crippen LogP contribution < -0.4 is 11.3 Å². The molecular weight excluding hydrogens is 382 g/mol. The number of amidine groups is 2. The summed E-state index contributed by atoms with van der Waals surface area (Å²) >= 11 is 0. The third kappa shape index (κ3) is 3.37. The predicted molar refractivity (Wildman–Crippen MR) is 128 cm³/mol. The smallest absolute Gasteiger partial charge is 0.154 e. The first kappa shape index (κ1) is 18.8. The van der Waals surface area contributed by atoms with Crippen LogP contribution in [0.4, 0.5) is 0 Å². The van der Waals surface area contributed by atoms with Crippen LogP contribution in [0.3, 0.4) is 0 Å². The Morgan fingerprint density at radius 2 is 1.35 bits per heavy atom. The molecule has 4 N–H and O–H groups in total. The Balaban J connectivity index is 1.67. The molecule has 0 spiro atoms. The summed E-state index contributed by atoms with van der Waals surface area (Å²) in [5.74, 6) is 6.29. The summed E-state index contributed by atoms with van der Waals surface area (Å²) in [4.78, 5) is 4.45. The Labute approximate surface area is 179 Å². The normalized spacial score (nSPS) is 11.7. The lowest BCUT2D eigenvalue weighted by atomic mass is 10.1. The molecule has 5 aromatic rings. The maximum Gasteiger partial charge on any atom is 0.154 e. The standard InChI is InChI=1S/C26H21N5/c27-25(29-26(30-28)18-9-3-1-4-10-18)19-15-16-22-21-13-7-8-14-23(21)31(24(22)17-19)20-11-5-2-6-12-20/h1-17H,28H2,(H2,27,29,30). The van der Waals surface area contributed by atoms with Gasteiger partial charge in [-0.2, -0.15) is 0 Å². The van der Waals surface area contributed by atoms with Crippen LogP contribution >= 0.6 is 0 Å². The summed E-state index contributed by atoms with van der Waals surface area (Å²) in [6.45, 7) is 0. The quantitative estimate of drug-likeness (QED) is 0.171. The lowest BCUT2D eigenvalue weighted by Crippen LogP contribution is -2.31. The SMILES string of the molecule is N=C(/N=C(\NN)c1ccccc1)c1ccc2c3ccccc3n(-c3ccccc3)c2c1. The van der Waals surface area contributed by atoms with E-state index in [1.165, 1.54) is 5.39 Å². The number of nitrogens with one attached hydrogen (secondary N) is 2. The molecule has 5 nitrogen and oxygen atoms in total. The van der Waals surface area contributed by atoms with Gasteiger partial charge in [0.25, 0.3) is 0 Å². The monoisotopic (exact) mass is 403 g/mol. The number of hydrogen-bond donors (Lipinski definition) is 3. The van der Waals surface area contributed by atoms with Crippen molar-refractivity contribution in [3.63, 3.8) is 0 Å². The van der Waals surface area contributed by atoms with E-state index in [9.17, 15) is 0 Å². The number of aliphatic imine (C=N–C) groups is 1. The zero-order chi connectivity index (χ0) is 21.2. The number of fused-ring (bicyclic) bond motifs is 3. The molecule has 0 atom stereocenters. The molecule has 5 heteroatoms. The van der Waals surface area contributed by atoms with E-state index < -0.39 is 0 Å². The largest absolute Gasteiger partial charge is 0.309 e. The van der Waals surface area contributed by atoms with Crippen molar-refractivity contribution in [2.75, 3.05) is 0 Å². The molecule has 1 heterocycles. The van der Waals surface area contributed by atoms with E-state index >= 15 is 0 Å². The molecule has 0 fully saturated rings. The van der Waals surface area contributed by atoms with Gasteiger partial charge in [0, 0.05) is 27.6 Å². The number of aromatic nitrogens is 1. The van der Waals surface area contributed by atoms with Gasteiger partial charge in [-0.25, -0.2) is 10.8 Å². The minimum Gasteiger partial charge on any atom is -0.309 e. The number of nitrogens with two attached hydrogens (primary N) is 1. The van der Waals surface area contributed by atoms with Crippen molar-refractivity contribution in [2.45, 2.75) is 0 Å². The molecule has 4 aromatic carbocycles. The van der Waals surface area contributed by atoms with E-state index in [1.54, 1.807) is 0 Å². The summed E-state index contributed by atoms with van der Waals surface area (Å²) in [5.41, 5.74) is 7.41. The molecule has 5 rings (SSSR count). The van der Waals surface area contributed by atoms with Gasteiger partial charge in [0.05, 0.1) is 11.0 Å². The van der Waals surface area contributed by atoms with Gasteiger partial charge in [0.2, 0.25) is 0 Å². The Morgan fingerprint density at radius 3 is 2.10 bits per heavy atom. The van der Waals surface area contributed by atoms with E-state index in [0.717, 1.165) is 33.2 Å². The number of benzene rings is 4. The summed E-state index contributed by atoms with van der Waals surface area (Å²) in [5, 5.41) is 10.9. The molecule has 0 amide bonds. The van der Waals surface area contributed by atoms with E-state index in [4.69, 9.17) is 11.3 Å². The van der Waals surface area contributed by atoms with E-state index in [0.29, 0.717) is 5.84 Å². The Bertz CT molecular complexity index is 1420. The molecule has 0 unspecified atom stereocenters. The van der Waals surface area contributed by atoms with Crippen LogP contribution in [-0.4, -0.2) is 16.2 Å². The van der Waals surface area contributed by atoms with Crippen LogP contribution in [0.25, 0.3) is 27.5 Å². The first-order valence-corrected chi connectivity index (χ1v) is 10.0. The van der Waals surface area contributed by atoms with Crippen molar-refractivity contribution in [3.8, 4) is 5.69 Å². The van der Waals surface area contributed by atoms with Gasteiger partial charge < -0.3 is 9.99 Å². The molecule has 0 aliphatic rings. The maximum atomic E-state index is 8.61. The fourth-order valence-electron chi connectivity index (χ4n) is 3.93. The fourth-order valence-corrected chi connectivity index (χ4v) is 3.93. The predicted octanol–water partition coefficient (Wildman–Crippen LogP) is 5.02. The van der Waals surface area contributed by atoms with E-state index in [2.05, 4.69) is 51.4 Å². The molecule has 150 valence electrons. The van der Waals surface area contributed by atoms with Gasteiger partial charge >= 0.3 is 0 Å². The zero-order valence-electron chi connectivity index (χ0n) is 16.8. The van der Waals surface area contributed by atoms with Gasteiger partial charge in [0.15, 0.2) is 5.84 Å². The third-order valence-corrected chi connectivity index (χ3v) is 5.37. The average molecular weight is 403 g/mol. The number of rotatable bonds is 3. The molecule has 0 saturated carbocycles. The van der Waals surface area contributed by atoms with Crippen LogP contribution in [0.2, 0.25) is 0 Å². The number of hydrogen-bond acceptors (Lipinski definition) is 2. The molecule has 0 aliphatic heterocycles. The molecule has 0 saturated heterocycles. The highest BCUT2D eigenvalue weighted by Gasteiger charge is 2.14. The summed E-state index contributed by atoms with van der Waals surface area (Å²) in [7, 11) is 0. The summed E-state index contributed by atoms with van der Waals surface area (Å²) in [6, 6.07) is 34.2. The zero-order valence-corrected chi connectivity index (χ0v) is 16.8. The summed E-state index contributed by atoms with van der Waals surface area (Å²) < 4.78 is 2.23. The minimum absolute atomic E-state index is 0.142. The fraction of sp³-hybridized carbons (Fsp3) is 0. The van der Waals surface area contributed by atoms with Crippen LogP contribution in [0, 0.1) is 5.41 Å². The first-order chi connectivity index (χ1) is 15.3. The van der Waals surface area contributed by atoms with Crippen molar-refractivity contribution in [1.82, 2.24) is 9.99 Å². The minimum atomic E-state index is 0.142. The average Bonchev–Trinajstić information content (AvgIpc) is 3.17. The van der Waals surface area contributed by atoms with E-state index in [1.807, 2.05) is 66.7 Å². The highest BCUT2D eigenvalue weighted by molar-refractivity contribution is 6.14. The second-order valence-electron chi connectivity index (χ2n) is 7.24. The lowest BCUT2D eigenvalue weighted by molar-refractivity contribution is 1.03. The Hall–Kier alpha value is -4.22. The van der Waals surface area contributed by atoms with Crippen molar-refractivity contribution >= 4 is 33.5 Å². The molecular formula is C26H21N5.